The Labute approximate surface area is 127 Å². The molecule has 0 aromatic carbocycles. The van der Waals surface area contributed by atoms with E-state index in [1.807, 2.05) is 4.90 Å². The highest BCUT2D eigenvalue weighted by molar-refractivity contribution is 5.79. The van der Waals surface area contributed by atoms with Crippen LogP contribution in [0, 0.1) is 17.8 Å². The summed E-state index contributed by atoms with van der Waals surface area (Å²) in [5.74, 6) is 1.40. The van der Waals surface area contributed by atoms with Crippen LogP contribution < -0.4 is 11.1 Å². The fraction of sp³-hybridized carbons (Fsp3) is 0.875. The molecule has 2 amide bonds. The van der Waals surface area contributed by atoms with E-state index in [0.717, 1.165) is 51.7 Å². The minimum absolute atomic E-state index is 0.0264. The van der Waals surface area contributed by atoms with E-state index >= 15 is 0 Å². The molecule has 3 atom stereocenters. The van der Waals surface area contributed by atoms with Gasteiger partial charge >= 0.3 is 0 Å². The molecule has 1 aliphatic carbocycles. The highest BCUT2D eigenvalue weighted by Crippen LogP contribution is 2.31. The third-order valence-corrected chi connectivity index (χ3v) is 5.12. The smallest absolute Gasteiger partial charge is 0.226 e. The Balaban J connectivity index is 1.81. The van der Waals surface area contributed by atoms with Crippen molar-refractivity contribution < 1.29 is 9.59 Å². The third kappa shape index (κ3) is 4.43. The van der Waals surface area contributed by atoms with E-state index in [0.29, 0.717) is 17.7 Å². The molecule has 0 aromatic rings. The third-order valence-electron chi connectivity index (χ3n) is 5.12. The molecule has 120 valence electrons. The van der Waals surface area contributed by atoms with Gasteiger partial charge in [0, 0.05) is 38.5 Å². The van der Waals surface area contributed by atoms with Crippen molar-refractivity contribution in [3.8, 4) is 0 Å². The van der Waals surface area contributed by atoms with Gasteiger partial charge in [0.2, 0.25) is 11.8 Å². The molecule has 0 aromatic heterocycles. The van der Waals surface area contributed by atoms with Crippen molar-refractivity contribution in [2.45, 2.75) is 52.0 Å². The number of carbonyl (C=O) groups is 2. The fourth-order valence-corrected chi connectivity index (χ4v) is 3.58. The van der Waals surface area contributed by atoms with Crippen LogP contribution >= 0.6 is 0 Å². The first-order valence-electron chi connectivity index (χ1n) is 8.26. The maximum atomic E-state index is 12.7. The van der Waals surface area contributed by atoms with Gasteiger partial charge in [-0.05, 0) is 43.9 Å². The minimum atomic E-state index is 0.0264. The topological polar surface area (TPSA) is 75.4 Å². The molecule has 5 heteroatoms. The Kier molecular flexibility index (Phi) is 5.62. The number of rotatable bonds is 3. The molecule has 2 fully saturated rings. The molecule has 2 rings (SSSR count). The van der Waals surface area contributed by atoms with Crippen molar-refractivity contribution in [1.29, 1.82) is 0 Å². The summed E-state index contributed by atoms with van der Waals surface area (Å²) in [6.07, 6.45) is 4.92. The SMILES string of the molecule is CC(=O)NCC1CCN(C(=O)C2CC(N)CCC2C)CC1. The Morgan fingerprint density at radius 1 is 1.19 bits per heavy atom. The van der Waals surface area contributed by atoms with Crippen LogP contribution in [-0.2, 0) is 9.59 Å². The summed E-state index contributed by atoms with van der Waals surface area (Å²) in [6.45, 7) is 6.11. The molecule has 3 N–H and O–H groups in total. The molecule has 2 aliphatic rings. The quantitative estimate of drug-likeness (QED) is 0.819. The van der Waals surface area contributed by atoms with Crippen LogP contribution in [0.1, 0.15) is 46.0 Å². The molecule has 1 aliphatic heterocycles. The average molecular weight is 295 g/mol. The van der Waals surface area contributed by atoms with Gasteiger partial charge in [-0.25, -0.2) is 0 Å². The largest absolute Gasteiger partial charge is 0.356 e. The van der Waals surface area contributed by atoms with E-state index in [1.165, 1.54) is 0 Å². The van der Waals surface area contributed by atoms with E-state index in [1.54, 1.807) is 6.92 Å². The van der Waals surface area contributed by atoms with Crippen LogP contribution in [-0.4, -0.2) is 42.4 Å². The van der Waals surface area contributed by atoms with Crippen LogP contribution in [0.5, 0.6) is 0 Å². The molecule has 5 nitrogen and oxygen atoms in total. The first kappa shape index (κ1) is 16.3. The summed E-state index contributed by atoms with van der Waals surface area (Å²) in [7, 11) is 0. The lowest BCUT2D eigenvalue weighted by Crippen LogP contribution is -2.47. The Hall–Kier alpha value is -1.10. The lowest BCUT2D eigenvalue weighted by molar-refractivity contribution is -0.140. The molecule has 1 heterocycles. The van der Waals surface area contributed by atoms with Crippen LogP contribution in [0.25, 0.3) is 0 Å². The van der Waals surface area contributed by atoms with Gasteiger partial charge in [0.25, 0.3) is 0 Å². The van der Waals surface area contributed by atoms with Crippen molar-refractivity contribution >= 4 is 11.8 Å². The minimum Gasteiger partial charge on any atom is -0.356 e. The average Bonchev–Trinajstić information content (AvgIpc) is 2.47. The highest BCUT2D eigenvalue weighted by Gasteiger charge is 2.35. The van der Waals surface area contributed by atoms with Crippen molar-refractivity contribution in [3.05, 3.63) is 0 Å². The highest BCUT2D eigenvalue weighted by atomic mass is 16.2. The summed E-state index contributed by atoms with van der Waals surface area (Å²) in [5.41, 5.74) is 6.03. The standard InChI is InChI=1S/C16H29N3O2/c1-11-3-4-14(17)9-15(11)16(21)19-7-5-13(6-8-19)10-18-12(2)20/h11,13-15H,3-10,17H2,1-2H3,(H,18,20). The maximum Gasteiger partial charge on any atom is 0.226 e. The molecule has 0 radical (unpaired) electrons. The molecular weight excluding hydrogens is 266 g/mol. The lowest BCUT2D eigenvalue weighted by atomic mass is 9.77. The number of likely N-dealkylation sites (tertiary alicyclic amines) is 1. The Morgan fingerprint density at radius 3 is 2.48 bits per heavy atom. The summed E-state index contributed by atoms with van der Waals surface area (Å²) >= 11 is 0. The van der Waals surface area contributed by atoms with Gasteiger partial charge in [-0.15, -0.1) is 0 Å². The molecule has 1 saturated carbocycles. The second-order valence-corrected chi connectivity index (χ2v) is 6.86. The van der Waals surface area contributed by atoms with Crippen molar-refractivity contribution in [2.24, 2.45) is 23.5 Å². The van der Waals surface area contributed by atoms with Gasteiger partial charge in [-0.2, -0.15) is 0 Å². The van der Waals surface area contributed by atoms with Gasteiger partial charge in [0.15, 0.2) is 0 Å². The van der Waals surface area contributed by atoms with Crippen LogP contribution in [0.4, 0.5) is 0 Å². The van der Waals surface area contributed by atoms with E-state index in [9.17, 15) is 9.59 Å². The van der Waals surface area contributed by atoms with Crippen LogP contribution in [0.15, 0.2) is 0 Å². The molecule has 21 heavy (non-hydrogen) atoms. The normalized spacial score (nSPS) is 31.0. The second kappa shape index (κ2) is 7.25. The summed E-state index contributed by atoms with van der Waals surface area (Å²) in [5, 5.41) is 2.88. The number of carbonyl (C=O) groups excluding carboxylic acids is 2. The van der Waals surface area contributed by atoms with E-state index in [2.05, 4.69) is 12.2 Å². The number of nitrogens with zero attached hydrogens (tertiary/aromatic N) is 1. The number of hydrogen-bond acceptors (Lipinski definition) is 3. The van der Waals surface area contributed by atoms with Crippen molar-refractivity contribution in [2.75, 3.05) is 19.6 Å². The summed E-state index contributed by atoms with van der Waals surface area (Å²) in [4.78, 5) is 25.6. The predicted molar refractivity (Wildman–Crippen MR) is 82.5 cm³/mol. The van der Waals surface area contributed by atoms with Crippen molar-refractivity contribution in [1.82, 2.24) is 10.2 Å². The van der Waals surface area contributed by atoms with Gasteiger partial charge < -0.3 is 16.0 Å². The summed E-state index contributed by atoms with van der Waals surface area (Å²) < 4.78 is 0. The molecule has 0 spiro atoms. The van der Waals surface area contributed by atoms with E-state index in [-0.39, 0.29) is 17.9 Å². The molecular formula is C16H29N3O2. The van der Waals surface area contributed by atoms with E-state index in [4.69, 9.17) is 5.73 Å². The molecule has 1 saturated heterocycles. The number of nitrogens with two attached hydrogens (primary N) is 1. The van der Waals surface area contributed by atoms with Gasteiger partial charge in [-0.3, -0.25) is 9.59 Å². The molecule has 0 bridgehead atoms. The van der Waals surface area contributed by atoms with Crippen molar-refractivity contribution in [3.63, 3.8) is 0 Å². The monoisotopic (exact) mass is 295 g/mol. The van der Waals surface area contributed by atoms with Crippen LogP contribution in [0.2, 0.25) is 0 Å². The number of nitrogens with one attached hydrogen (secondary N) is 1. The zero-order valence-corrected chi connectivity index (χ0v) is 13.3. The predicted octanol–water partition coefficient (Wildman–Crippen LogP) is 1.12. The zero-order valence-electron chi connectivity index (χ0n) is 13.3. The maximum absolute atomic E-state index is 12.7. The summed E-state index contributed by atoms with van der Waals surface area (Å²) in [6, 6.07) is 0.187. The van der Waals surface area contributed by atoms with Gasteiger partial charge in [0.1, 0.15) is 0 Å². The first-order chi connectivity index (χ1) is 9.97. The first-order valence-corrected chi connectivity index (χ1v) is 8.26. The second-order valence-electron chi connectivity index (χ2n) is 6.86. The lowest BCUT2D eigenvalue weighted by Gasteiger charge is -2.38. The Morgan fingerprint density at radius 2 is 1.86 bits per heavy atom. The molecule has 3 unspecified atom stereocenters. The fourth-order valence-electron chi connectivity index (χ4n) is 3.58. The Bertz CT molecular complexity index is 378. The number of piperidine rings is 1. The number of amides is 2. The van der Waals surface area contributed by atoms with Gasteiger partial charge in [-0.1, -0.05) is 6.92 Å². The number of hydrogen-bond donors (Lipinski definition) is 2. The zero-order chi connectivity index (χ0) is 15.4. The van der Waals surface area contributed by atoms with Crippen LogP contribution in [0.3, 0.4) is 0 Å². The van der Waals surface area contributed by atoms with E-state index < -0.39 is 0 Å². The van der Waals surface area contributed by atoms with Gasteiger partial charge in [0.05, 0.1) is 0 Å².